The molecule has 0 aliphatic rings. The zero-order valence-electron chi connectivity index (χ0n) is 7.08. The van der Waals surface area contributed by atoms with E-state index in [-0.39, 0.29) is 5.25 Å². The molecule has 1 nitrogen and oxygen atoms in total. The van der Waals surface area contributed by atoms with Crippen molar-refractivity contribution in [3.8, 4) is 0 Å². The lowest BCUT2D eigenvalue weighted by atomic mass is 10.2. The molecule has 0 bridgehead atoms. The van der Waals surface area contributed by atoms with Crippen molar-refractivity contribution < 1.29 is 4.21 Å². The van der Waals surface area contributed by atoms with Crippen molar-refractivity contribution in [1.29, 1.82) is 0 Å². The number of benzene rings is 1. The van der Waals surface area contributed by atoms with E-state index in [2.05, 4.69) is 0 Å². The van der Waals surface area contributed by atoms with Crippen LogP contribution in [-0.4, -0.2) is 10.5 Å². The normalized spacial score (nSPS) is 15.6. The molecule has 0 aliphatic carbocycles. The van der Waals surface area contributed by atoms with Crippen LogP contribution in [0.25, 0.3) is 0 Å². The summed E-state index contributed by atoms with van der Waals surface area (Å²) in [6.45, 7) is 1.94. The molecule has 0 aromatic heterocycles. The summed E-state index contributed by atoms with van der Waals surface area (Å²) in [5.74, 6) is 0. The van der Waals surface area contributed by atoms with Crippen molar-refractivity contribution in [2.24, 2.45) is 0 Å². The number of rotatable bonds is 2. The van der Waals surface area contributed by atoms with Crippen molar-refractivity contribution in [3.63, 3.8) is 0 Å². The zero-order chi connectivity index (χ0) is 9.14. The van der Waals surface area contributed by atoms with E-state index in [1.807, 2.05) is 31.2 Å². The molecule has 0 saturated carbocycles. The fraction of sp³-hybridized carbons (Fsp3) is 0.333. The van der Waals surface area contributed by atoms with E-state index in [0.717, 1.165) is 5.56 Å². The van der Waals surface area contributed by atoms with Crippen LogP contribution in [0.2, 0.25) is 5.02 Å². The first-order valence-electron chi connectivity index (χ1n) is 3.69. The minimum absolute atomic E-state index is 0.0854. The Morgan fingerprint density at radius 1 is 1.33 bits per heavy atom. The lowest BCUT2D eigenvalue weighted by molar-refractivity contribution is 0.680. The van der Waals surface area contributed by atoms with Gasteiger partial charge < -0.3 is 0 Å². The molecular weight excluding hydrogens is 192 g/mol. The highest BCUT2D eigenvalue weighted by molar-refractivity contribution is 7.84. The first-order chi connectivity index (χ1) is 5.61. The topological polar surface area (TPSA) is 17.1 Å². The molecule has 0 N–H and O–H groups in total. The molecule has 1 aromatic rings. The van der Waals surface area contributed by atoms with Crippen LogP contribution in [0.3, 0.4) is 0 Å². The first kappa shape index (κ1) is 9.75. The van der Waals surface area contributed by atoms with Crippen molar-refractivity contribution in [2.75, 3.05) is 6.26 Å². The summed E-state index contributed by atoms with van der Waals surface area (Å²) in [6, 6.07) is 7.46. The number of halogens is 1. The van der Waals surface area contributed by atoms with Gasteiger partial charge in [0.15, 0.2) is 0 Å². The highest BCUT2D eigenvalue weighted by Gasteiger charge is 2.07. The van der Waals surface area contributed by atoms with Crippen LogP contribution in [0.1, 0.15) is 17.7 Å². The van der Waals surface area contributed by atoms with E-state index in [9.17, 15) is 4.21 Å². The lowest BCUT2D eigenvalue weighted by Gasteiger charge is -2.07. The van der Waals surface area contributed by atoms with Crippen LogP contribution >= 0.6 is 11.6 Å². The molecule has 3 heteroatoms. The van der Waals surface area contributed by atoms with Gasteiger partial charge in [0.1, 0.15) is 0 Å². The van der Waals surface area contributed by atoms with Crippen LogP contribution in [0, 0.1) is 0 Å². The molecule has 0 aliphatic heterocycles. The van der Waals surface area contributed by atoms with E-state index in [1.165, 1.54) is 0 Å². The van der Waals surface area contributed by atoms with E-state index in [1.54, 1.807) is 6.26 Å². The van der Waals surface area contributed by atoms with Gasteiger partial charge >= 0.3 is 0 Å². The fourth-order valence-electron chi connectivity index (χ4n) is 0.925. The molecule has 1 rings (SSSR count). The molecule has 0 saturated heterocycles. The smallest absolute Gasteiger partial charge is 0.0566 e. The van der Waals surface area contributed by atoms with Crippen LogP contribution in [0.5, 0.6) is 0 Å². The van der Waals surface area contributed by atoms with Gasteiger partial charge in [-0.3, -0.25) is 4.21 Å². The Morgan fingerprint density at radius 3 is 2.25 bits per heavy atom. The lowest BCUT2D eigenvalue weighted by Crippen LogP contribution is -1.99. The predicted octanol–water partition coefficient (Wildman–Crippen LogP) is 2.78. The van der Waals surface area contributed by atoms with Gasteiger partial charge in [-0.15, -0.1) is 0 Å². The van der Waals surface area contributed by atoms with Crippen LogP contribution in [0.4, 0.5) is 0 Å². The van der Waals surface area contributed by atoms with Gasteiger partial charge in [-0.25, -0.2) is 0 Å². The second-order valence-electron chi connectivity index (χ2n) is 2.69. The maximum Gasteiger partial charge on any atom is 0.0566 e. The minimum Gasteiger partial charge on any atom is -0.259 e. The average Bonchev–Trinajstić information content (AvgIpc) is 2.04. The van der Waals surface area contributed by atoms with E-state index < -0.39 is 10.8 Å². The monoisotopic (exact) mass is 202 g/mol. The number of hydrogen-bond donors (Lipinski definition) is 0. The van der Waals surface area contributed by atoms with Gasteiger partial charge in [0.2, 0.25) is 0 Å². The molecule has 0 heterocycles. The Hall–Kier alpha value is -0.340. The average molecular weight is 203 g/mol. The van der Waals surface area contributed by atoms with Crippen LogP contribution < -0.4 is 0 Å². The van der Waals surface area contributed by atoms with Gasteiger partial charge in [-0.1, -0.05) is 23.7 Å². The largest absolute Gasteiger partial charge is 0.259 e. The highest BCUT2D eigenvalue weighted by Crippen LogP contribution is 2.19. The zero-order valence-corrected chi connectivity index (χ0v) is 8.65. The SMILES string of the molecule is CC(c1ccc(Cl)cc1)S(C)=O. The number of hydrogen-bond acceptors (Lipinski definition) is 1. The third-order valence-electron chi connectivity index (χ3n) is 1.84. The van der Waals surface area contributed by atoms with Gasteiger partial charge in [0, 0.05) is 22.1 Å². The summed E-state index contributed by atoms with van der Waals surface area (Å²) >= 11 is 5.72. The Balaban J connectivity index is 2.89. The second-order valence-corrected chi connectivity index (χ2v) is 4.83. The predicted molar refractivity (Wildman–Crippen MR) is 53.9 cm³/mol. The van der Waals surface area contributed by atoms with Gasteiger partial charge in [-0.05, 0) is 24.6 Å². The first-order valence-corrected chi connectivity index (χ1v) is 5.69. The molecule has 2 atom stereocenters. The summed E-state index contributed by atoms with van der Waals surface area (Å²) in [5, 5.41) is 0.801. The van der Waals surface area contributed by atoms with Gasteiger partial charge in [-0.2, -0.15) is 0 Å². The highest BCUT2D eigenvalue weighted by atomic mass is 35.5. The Bertz CT molecular complexity index is 281. The molecule has 0 radical (unpaired) electrons. The van der Waals surface area contributed by atoms with Gasteiger partial charge in [0.05, 0.1) is 5.25 Å². The van der Waals surface area contributed by atoms with Crippen molar-refractivity contribution in [2.45, 2.75) is 12.2 Å². The molecule has 12 heavy (non-hydrogen) atoms. The summed E-state index contributed by atoms with van der Waals surface area (Å²) in [5.41, 5.74) is 1.07. The molecule has 2 unspecified atom stereocenters. The van der Waals surface area contributed by atoms with E-state index in [4.69, 9.17) is 11.6 Å². The Labute approximate surface area is 80.2 Å². The standard InChI is InChI=1S/C9H11ClOS/c1-7(12(2)11)8-3-5-9(10)6-4-8/h3-7H,1-2H3. The van der Waals surface area contributed by atoms with Crippen LogP contribution in [-0.2, 0) is 10.8 Å². The maximum atomic E-state index is 11.1. The quantitative estimate of drug-likeness (QED) is 0.721. The summed E-state index contributed by atoms with van der Waals surface area (Å²) in [7, 11) is -0.811. The Morgan fingerprint density at radius 2 is 1.83 bits per heavy atom. The maximum absolute atomic E-state index is 11.1. The van der Waals surface area contributed by atoms with E-state index in [0.29, 0.717) is 5.02 Å². The van der Waals surface area contributed by atoms with E-state index >= 15 is 0 Å². The molecule has 66 valence electrons. The Kier molecular flexibility index (Phi) is 3.29. The molecular formula is C9H11ClOS. The minimum atomic E-state index is -0.811. The van der Waals surface area contributed by atoms with Crippen molar-refractivity contribution in [3.05, 3.63) is 34.9 Å². The van der Waals surface area contributed by atoms with Crippen molar-refractivity contribution >= 4 is 22.4 Å². The molecule has 0 amide bonds. The third kappa shape index (κ3) is 2.32. The summed E-state index contributed by atoms with van der Waals surface area (Å²) in [4.78, 5) is 0. The van der Waals surface area contributed by atoms with Crippen LogP contribution in [0.15, 0.2) is 24.3 Å². The second kappa shape index (κ2) is 4.06. The fourth-order valence-corrected chi connectivity index (χ4v) is 1.59. The molecule has 1 aromatic carbocycles. The summed E-state index contributed by atoms with van der Waals surface area (Å²) in [6.07, 6.45) is 1.71. The van der Waals surface area contributed by atoms with Gasteiger partial charge in [0.25, 0.3) is 0 Å². The van der Waals surface area contributed by atoms with Crippen molar-refractivity contribution in [1.82, 2.24) is 0 Å². The third-order valence-corrected chi connectivity index (χ3v) is 3.36. The molecule has 0 fully saturated rings. The summed E-state index contributed by atoms with van der Waals surface area (Å²) < 4.78 is 11.1. The molecule has 0 spiro atoms.